The average molecular weight is 280 g/mol. The number of carboxylic acids is 1. The first-order valence-electron chi connectivity index (χ1n) is 5.87. The topological polar surface area (TPSA) is 62.5 Å². The van der Waals surface area contributed by atoms with Crippen LogP contribution in [-0.4, -0.2) is 11.1 Å². The highest BCUT2D eigenvalue weighted by Crippen LogP contribution is 2.17. The van der Waals surface area contributed by atoms with E-state index in [1.165, 1.54) is 6.07 Å². The van der Waals surface area contributed by atoms with Crippen LogP contribution in [0.25, 0.3) is 0 Å². The van der Waals surface area contributed by atoms with Crippen LogP contribution in [0.5, 0.6) is 0 Å². The van der Waals surface area contributed by atoms with Crippen molar-refractivity contribution in [3.8, 4) is 0 Å². The van der Waals surface area contributed by atoms with E-state index >= 15 is 0 Å². The molecule has 1 atom stereocenters. The van der Waals surface area contributed by atoms with Crippen molar-refractivity contribution in [2.24, 2.45) is 0 Å². The van der Waals surface area contributed by atoms with E-state index in [4.69, 9.17) is 21.1 Å². The standard InChI is InChI=1S/C14H14ClNO3/c1-9(10-2-4-11(15)5-3-10)16-8-12-6-7-13(19-12)14(17)18/h2-7,9,16H,8H2,1H3,(H,17,18). The Balaban J connectivity index is 1.94. The molecule has 1 aromatic heterocycles. The maximum absolute atomic E-state index is 10.7. The predicted octanol–water partition coefficient (Wildman–Crippen LogP) is 3.48. The number of carboxylic acid groups (broad SMARTS) is 1. The molecule has 1 unspecified atom stereocenters. The van der Waals surface area contributed by atoms with Crippen LogP contribution in [0.15, 0.2) is 40.8 Å². The monoisotopic (exact) mass is 279 g/mol. The molecular formula is C14H14ClNO3. The zero-order valence-electron chi connectivity index (χ0n) is 10.4. The van der Waals surface area contributed by atoms with Gasteiger partial charge in [0.2, 0.25) is 5.76 Å². The van der Waals surface area contributed by atoms with E-state index in [2.05, 4.69) is 5.32 Å². The van der Waals surface area contributed by atoms with Crippen LogP contribution < -0.4 is 5.32 Å². The first-order chi connectivity index (χ1) is 9.06. The van der Waals surface area contributed by atoms with Crippen molar-refractivity contribution in [1.82, 2.24) is 5.32 Å². The molecule has 0 saturated carbocycles. The van der Waals surface area contributed by atoms with E-state index in [0.717, 1.165) is 5.56 Å². The molecule has 100 valence electrons. The van der Waals surface area contributed by atoms with Gasteiger partial charge in [-0.1, -0.05) is 23.7 Å². The highest BCUT2D eigenvalue weighted by molar-refractivity contribution is 6.30. The van der Waals surface area contributed by atoms with Gasteiger partial charge in [0.05, 0.1) is 6.54 Å². The average Bonchev–Trinajstić information content (AvgIpc) is 2.86. The second kappa shape index (κ2) is 5.91. The first kappa shape index (κ1) is 13.6. The minimum absolute atomic E-state index is 0.0454. The van der Waals surface area contributed by atoms with E-state index in [-0.39, 0.29) is 11.8 Å². The molecule has 0 aliphatic heterocycles. The van der Waals surface area contributed by atoms with Crippen LogP contribution in [0.3, 0.4) is 0 Å². The summed E-state index contributed by atoms with van der Waals surface area (Å²) in [6, 6.07) is 10.8. The molecular weight excluding hydrogens is 266 g/mol. The molecule has 0 saturated heterocycles. The van der Waals surface area contributed by atoms with Crippen LogP contribution in [0, 0.1) is 0 Å². The highest BCUT2D eigenvalue weighted by atomic mass is 35.5. The Labute approximate surface area is 116 Å². The fourth-order valence-electron chi connectivity index (χ4n) is 1.71. The Bertz CT molecular complexity index is 562. The van der Waals surface area contributed by atoms with E-state index in [1.54, 1.807) is 6.07 Å². The van der Waals surface area contributed by atoms with E-state index in [9.17, 15) is 4.79 Å². The maximum atomic E-state index is 10.7. The second-order valence-corrected chi connectivity index (χ2v) is 4.66. The van der Waals surface area contributed by atoms with Crippen molar-refractivity contribution in [1.29, 1.82) is 0 Å². The second-order valence-electron chi connectivity index (χ2n) is 4.23. The normalized spacial score (nSPS) is 12.3. The van der Waals surface area contributed by atoms with Crippen molar-refractivity contribution in [2.75, 3.05) is 0 Å². The summed E-state index contributed by atoms with van der Waals surface area (Å²) in [6.45, 7) is 2.49. The lowest BCUT2D eigenvalue weighted by atomic mass is 10.1. The Hall–Kier alpha value is -1.78. The lowest BCUT2D eigenvalue weighted by Crippen LogP contribution is -2.17. The summed E-state index contributed by atoms with van der Waals surface area (Å²) in [6.07, 6.45) is 0. The molecule has 1 heterocycles. The van der Waals surface area contributed by atoms with Crippen LogP contribution in [-0.2, 0) is 6.54 Å². The molecule has 2 aromatic rings. The zero-order valence-corrected chi connectivity index (χ0v) is 11.1. The van der Waals surface area contributed by atoms with Crippen molar-refractivity contribution < 1.29 is 14.3 Å². The van der Waals surface area contributed by atoms with E-state index in [0.29, 0.717) is 17.3 Å². The molecule has 0 amide bonds. The molecule has 5 heteroatoms. The molecule has 19 heavy (non-hydrogen) atoms. The number of carbonyl (C=O) groups is 1. The van der Waals surface area contributed by atoms with Gasteiger partial charge in [-0.2, -0.15) is 0 Å². The molecule has 4 nitrogen and oxygen atoms in total. The van der Waals surface area contributed by atoms with Crippen LogP contribution in [0.1, 0.15) is 34.8 Å². The van der Waals surface area contributed by atoms with Gasteiger partial charge in [-0.15, -0.1) is 0 Å². The van der Waals surface area contributed by atoms with Crippen LogP contribution in [0.2, 0.25) is 5.02 Å². The third-order valence-electron chi connectivity index (χ3n) is 2.82. The van der Waals surface area contributed by atoms with Gasteiger partial charge in [0, 0.05) is 11.1 Å². The van der Waals surface area contributed by atoms with Gasteiger partial charge in [0.25, 0.3) is 0 Å². The Morgan fingerprint density at radius 1 is 1.32 bits per heavy atom. The molecule has 0 aliphatic carbocycles. The number of halogens is 1. The van der Waals surface area contributed by atoms with Gasteiger partial charge in [-0.25, -0.2) is 4.79 Å². The lowest BCUT2D eigenvalue weighted by molar-refractivity contribution is 0.0660. The fraction of sp³-hybridized carbons (Fsp3) is 0.214. The Morgan fingerprint density at radius 3 is 2.58 bits per heavy atom. The third-order valence-corrected chi connectivity index (χ3v) is 3.08. The largest absolute Gasteiger partial charge is 0.475 e. The molecule has 2 N–H and O–H groups in total. The maximum Gasteiger partial charge on any atom is 0.371 e. The number of aromatic carboxylic acids is 1. The number of benzene rings is 1. The lowest BCUT2D eigenvalue weighted by Gasteiger charge is -2.13. The summed E-state index contributed by atoms with van der Waals surface area (Å²) < 4.78 is 5.17. The molecule has 0 spiro atoms. The number of furan rings is 1. The fourth-order valence-corrected chi connectivity index (χ4v) is 1.84. The Morgan fingerprint density at radius 2 is 2.00 bits per heavy atom. The summed E-state index contributed by atoms with van der Waals surface area (Å²) >= 11 is 5.83. The van der Waals surface area contributed by atoms with Gasteiger partial charge in [0.1, 0.15) is 5.76 Å². The summed E-state index contributed by atoms with van der Waals surface area (Å²) in [7, 11) is 0. The number of rotatable bonds is 5. The van der Waals surface area contributed by atoms with Crippen LogP contribution >= 0.6 is 11.6 Å². The van der Waals surface area contributed by atoms with Crippen molar-refractivity contribution in [3.05, 3.63) is 58.5 Å². The summed E-state index contributed by atoms with van der Waals surface area (Å²) in [5, 5.41) is 12.7. The quantitative estimate of drug-likeness (QED) is 0.879. The van der Waals surface area contributed by atoms with Crippen molar-refractivity contribution >= 4 is 17.6 Å². The van der Waals surface area contributed by atoms with E-state index < -0.39 is 5.97 Å². The van der Waals surface area contributed by atoms with Gasteiger partial charge < -0.3 is 14.8 Å². The number of nitrogens with one attached hydrogen (secondary N) is 1. The number of hydrogen-bond donors (Lipinski definition) is 2. The van der Waals surface area contributed by atoms with Crippen LogP contribution in [0.4, 0.5) is 0 Å². The highest BCUT2D eigenvalue weighted by Gasteiger charge is 2.10. The minimum atomic E-state index is -1.06. The molecule has 0 fully saturated rings. The molecule has 0 bridgehead atoms. The van der Waals surface area contributed by atoms with Crippen molar-refractivity contribution in [2.45, 2.75) is 19.5 Å². The Kier molecular flexibility index (Phi) is 4.24. The molecule has 0 radical (unpaired) electrons. The zero-order chi connectivity index (χ0) is 13.8. The van der Waals surface area contributed by atoms with Crippen molar-refractivity contribution in [3.63, 3.8) is 0 Å². The third kappa shape index (κ3) is 3.59. The SMILES string of the molecule is CC(NCc1ccc(C(=O)O)o1)c1ccc(Cl)cc1. The van der Waals surface area contributed by atoms with Gasteiger partial charge in [-0.3, -0.25) is 0 Å². The summed E-state index contributed by atoms with van der Waals surface area (Å²) in [4.78, 5) is 10.7. The first-order valence-corrected chi connectivity index (χ1v) is 6.25. The molecule has 1 aromatic carbocycles. The number of hydrogen-bond acceptors (Lipinski definition) is 3. The summed E-state index contributed by atoms with van der Waals surface area (Å²) in [5.41, 5.74) is 1.11. The minimum Gasteiger partial charge on any atom is -0.475 e. The smallest absolute Gasteiger partial charge is 0.371 e. The van der Waals surface area contributed by atoms with E-state index in [1.807, 2.05) is 31.2 Å². The predicted molar refractivity (Wildman–Crippen MR) is 72.4 cm³/mol. The van der Waals surface area contributed by atoms with Gasteiger partial charge in [0.15, 0.2) is 0 Å². The van der Waals surface area contributed by atoms with Gasteiger partial charge >= 0.3 is 5.97 Å². The molecule has 0 aliphatic rings. The van der Waals surface area contributed by atoms with Gasteiger partial charge in [-0.05, 0) is 36.8 Å². The summed E-state index contributed by atoms with van der Waals surface area (Å²) in [5.74, 6) is -0.508. The molecule has 2 rings (SSSR count).